The lowest BCUT2D eigenvalue weighted by Crippen LogP contribution is -2.34. The van der Waals surface area contributed by atoms with E-state index in [4.69, 9.17) is 0 Å². The van der Waals surface area contributed by atoms with Crippen LogP contribution in [0.2, 0.25) is 0 Å². The highest BCUT2D eigenvalue weighted by atomic mass is 16.3. The van der Waals surface area contributed by atoms with Crippen LogP contribution in [-0.4, -0.2) is 22.8 Å². The lowest BCUT2D eigenvalue weighted by atomic mass is 9.95. The van der Waals surface area contributed by atoms with Crippen LogP contribution in [0.25, 0.3) is 0 Å². The average molecular weight is 211 g/mol. The Morgan fingerprint density at radius 1 is 1.60 bits per heavy atom. The van der Waals surface area contributed by atoms with Gasteiger partial charge in [0.25, 0.3) is 5.91 Å². The third-order valence-electron chi connectivity index (χ3n) is 2.73. The van der Waals surface area contributed by atoms with Crippen molar-refractivity contribution >= 4 is 11.7 Å². The molecule has 0 aromatic rings. The van der Waals surface area contributed by atoms with Gasteiger partial charge in [-0.1, -0.05) is 20.3 Å². The molecule has 0 aromatic heterocycles. The van der Waals surface area contributed by atoms with Gasteiger partial charge in [-0.05, 0) is 19.3 Å². The van der Waals surface area contributed by atoms with Crippen molar-refractivity contribution in [2.24, 2.45) is 5.92 Å². The van der Waals surface area contributed by atoms with Gasteiger partial charge in [-0.3, -0.25) is 9.59 Å². The summed E-state index contributed by atoms with van der Waals surface area (Å²) in [6, 6.07) is -0.392. The molecular formula is C11H17NO3. The summed E-state index contributed by atoms with van der Waals surface area (Å²) in [5.41, 5.74) is -0.0806. The molecule has 2 unspecified atom stereocenters. The van der Waals surface area contributed by atoms with Crippen molar-refractivity contribution in [3.05, 3.63) is 11.3 Å². The van der Waals surface area contributed by atoms with Crippen molar-refractivity contribution < 1.29 is 14.7 Å². The molecule has 1 rings (SSSR count). The third kappa shape index (κ3) is 2.19. The molecular weight excluding hydrogens is 194 g/mol. The second-order valence-electron chi connectivity index (χ2n) is 4.03. The molecule has 84 valence electrons. The summed E-state index contributed by atoms with van der Waals surface area (Å²) in [6.45, 7) is 5.28. The number of aliphatic hydroxyl groups excluding tert-OH is 1. The Bertz CT molecular complexity index is 320. The van der Waals surface area contributed by atoms with E-state index in [-0.39, 0.29) is 23.0 Å². The first-order valence-corrected chi connectivity index (χ1v) is 5.24. The maximum Gasteiger partial charge on any atom is 0.259 e. The maximum atomic E-state index is 11.4. The summed E-state index contributed by atoms with van der Waals surface area (Å²) in [4.78, 5) is 22.5. The molecule has 1 heterocycles. The van der Waals surface area contributed by atoms with Crippen LogP contribution in [0.15, 0.2) is 11.3 Å². The minimum atomic E-state index is -0.451. The molecule has 4 heteroatoms. The minimum absolute atomic E-state index is 0.0806. The van der Waals surface area contributed by atoms with Crippen LogP contribution in [0.3, 0.4) is 0 Å². The Morgan fingerprint density at radius 3 is 2.60 bits per heavy atom. The standard InChI is InChI=1S/C11H17NO3/c1-4-5-6(2)9-10(14)8(7(3)13)11(15)12-9/h6,9,14H,4-5H2,1-3H3,(H,12,15). The normalized spacial score (nSPS) is 22.9. The Balaban J connectivity index is 2.89. The number of rotatable bonds is 4. The van der Waals surface area contributed by atoms with Crippen LogP contribution in [0, 0.1) is 5.92 Å². The van der Waals surface area contributed by atoms with Gasteiger partial charge >= 0.3 is 0 Å². The number of Topliss-reactive ketones (excluding diaryl/α,β-unsaturated/α-hetero) is 1. The molecule has 0 spiro atoms. The summed E-state index contributed by atoms with van der Waals surface area (Å²) in [6.07, 6.45) is 1.89. The van der Waals surface area contributed by atoms with Crippen molar-refractivity contribution in [3.8, 4) is 0 Å². The summed E-state index contributed by atoms with van der Waals surface area (Å²) < 4.78 is 0. The van der Waals surface area contributed by atoms with E-state index in [1.165, 1.54) is 6.92 Å². The topological polar surface area (TPSA) is 66.4 Å². The van der Waals surface area contributed by atoms with Crippen molar-refractivity contribution in [2.75, 3.05) is 0 Å². The van der Waals surface area contributed by atoms with Crippen LogP contribution in [0.5, 0.6) is 0 Å². The quantitative estimate of drug-likeness (QED) is 0.689. The highest BCUT2D eigenvalue weighted by molar-refractivity contribution is 6.20. The first-order valence-electron chi connectivity index (χ1n) is 5.24. The first-order chi connectivity index (χ1) is 6.99. The number of nitrogens with one attached hydrogen (secondary N) is 1. The van der Waals surface area contributed by atoms with Gasteiger partial charge in [-0.25, -0.2) is 0 Å². The molecule has 0 bridgehead atoms. The summed E-state index contributed by atoms with van der Waals surface area (Å²) >= 11 is 0. The molecule has 0 saturated heterocycles. The first kappa shape index (κ1) is 11.8. The summed E-state index contributed by atoms with van der Waals surface area (Å²) in [7, 11) is 0. The Morgan fingerprint density at radius 2 is 2.20 bits per heavy atom. The fourth-order valence-corrected chi connectivity index (χ4v) is 1.93. The zero-order valence-electron chi connectivity index (χ0n) is 9.33. The van der Waals surface area contributed by atoms with Crippen LogP contribution >= 0.6 is 0 Å². The van der Waals surface area contributed by atoms with Crippen LogP contribution in [-0.2, 0) is 9.59 Å². The van der Waals surface area contributed by atoms with Crippen molar-refractivity contribution in [1.82, 2.24) is 5.32 Å². The molecule has 4 nitrogen and oxygen atoms in total. The number of hydrogen-bond donors (Lipinski definition) is 2. The Kier molecular flexibility index (Phi) is 3.50. The van der Waals surface area contributed by atoms with Crippen molar-refractivity contribution in [2.45, 2.75) is 39.7 Å². The zero-order valence-corrected chi connectivity index (χ0v) is 9.33. The lowest BCUT2D eigenvalue weighted by molar-refractivity contribution is -0.121. The number of amides is 1. The maximum absolute atomic E-state index is 11.4. The Labute approximate surface area is 89.4 Å². The Hall–Kier alpha value is -1.32. The highest BCUT2D eigenvalue weighted by Gasteiger charge is 2.36. The van der Waals surface area contributed by atoms with Gasteiger partial charge in [-0.15, -0.1) is 0 Å². The van der Waals surface area contributed by atoms with E-state index in [0.29, 0.717) is 0 Å². The highest BCUT2D eigenvalue weighted by Crippen LogP contribution is 2.24. The number of carbonyl (C=O) groups excluding carboxylic acids is 2. The minimum Gasteiger partial charge on any atom is -0.509 e. The number of carbonyl (C=O) groups is 2. The van der Waals surface area contributed by atoms with Gasteiger partial charge in [0, 0.05) is 0 Å². The van der Waals surface area contributed by atoms with E-state index in [2.05, 4.69) is 5.32 Å². The van der Waals surface area contributed by atoms with Crippen molar-refractivity contribution in [3.63, 3.8) is 0 Å². The van der Waals surface area contributed by atoms with Crippen LogP contribution < -0.4 is 5.32 Å². The molecule has 0 aliphatic carbocycles. The molecule has 0 saturated carbocycles. The molecule has 1 aliphatic rings. The molecule has 0 fully saturated rings. The molecule has 0 radical (unpaired) electrons. The summed E-state index contributed by atoms with van der Waals surface area (Å²) in [5, 5.41) is 12.4. The fraction of sp³-hybridized carbons (Fsp3) is 0.636. The van der Waals surface area contributed by atoms with Gasteiger partial charge in [-0.2, -0.15) is 0 Å². The zero-order chi connectivity index (χ0) is 11.6. The van der Waals surface area contributed by atoms with Gasteiger partial charge < -0.3 is 10.4 Å². The predicted molar refractivity (Wildman–Crippen MR) is 56.3 cm³/mol. The van der Waals surface area contributed by atoms with E-state index in [1.54, 1.807) is 0 Å². The van der Waals surface area contributed by atoms with Gasteiger partial charge in [0.05, 0.1) is 6.04 Å². The molecule has 1 aliphatic heterocycles. The van der Waals surface area contributed by atoms with Gasteiger partial charge in [0.2, 0.25) is 0 Å². The fourth-order valence-electron chi connectivity index (χ4n) is 1.93. The third-order valence-corrected chi connectivity index (χ3v) is 2.73. The monoisotopic (exact) mass is 211 g/mol. The lowest BCUT2D eigenvalue weighted by Gasteiger charge is -2.18. The number of hydrogen-bond acceptors (Lipinski definition) is 3. The SMILES string of the molecule is CCCC(C)C1NC(=O)C(C(C)=O)=C1O. The second kappa shape index (κ2) is 4.47. The molecule has 1 amide bonds. The van der Waals surface area contributed by atoms with E-state index < -0.39 is 11.9 Å². The van der Waals surface area contributed by atoms with Gasteiger partial charge in [0.1, 0.15) is 11.3 Å². The molecule has 2 N–H and O–H groups in total. The largest absolute Gasteiger partial charge is 0.509 e. The summed E-state index contributed by atoms with van der Waals surface area (Å²) in [5.74, 6) is -0.770. The van der Waals surface area contributed by atoms with Crippen LogP contribution in [0.4, 0.5) is 0 Å². The van der Waals surface area contributed by atoms with E-state index >= 15 is 0 Å². The second-order valence-corrected chi connectivity index (χ2v) is 4.03. The van der Waals surface area contributed by atoms with E-state index in [1.807, 2.05) is 13.8 Å². The van der Waals surface area contributed by atoms with E-state index in [9.17, 15) is 14.7 Å². The number of aliphatic hydroxyl groups is 1. The van der Waals surface area contributed by atoms with Crippen molar-refractivity contribution in [1.29, 1.82) is 0 Å². The average Bonchev–Trinajstić information content (AvgIpc) is 2.42. The van der Waals surface area contributed by atoms with Crippen LogP contribution in [0.1, 0.15) is 33.6 Å². The molecule has 2 atom stereocenters. The van der Waals surface area contributed by atoms with Gasteiger partial charge in [0.15, 0.2) is 5.78 Å². The van der Waals surface area contributed by atoms with E-state index in [0.717, 1.165) is 12.8 Å². The molecule has 0 aromatic carbocycles. The predicted octanol–water partition coefficient (Wildman–Crippen LogP) is 1.32. The number of ketones is 1. The smallest absolute Gasteiger partial charge is 0.259 e. The molecule has 15 heavy (non-hydrogen) atoms.